The van der Waals surface area contributed by atoms with Crippen molar-refractivity contribution in [2.45, 2.75) is 32.1 Å². The Morgan fingerprint density at radius 1 is 1.26 bits per heavy atom. The zero-order valence-corrected chi connectivity index (χ0v) is 14.1. The Kier molecular flexibility index (Phi) is 4.67. The lowest BCUT2D eigenvalue weighted by Crippen LogP contribution is -2.47. The monoisotopic (exact) mass is 310 g/mol. The zero-order chi connectivity index (χ0) is 16.3. The molecule has 23 heavy (non-hydrogen) atoms. The number of nitrogens with zero attached hydrogens (tertiary/aromatic N) is 2. The number of rotatable bonds is 4. The standard InChI is InChI=1S/C20H26N2O/c1-16-15-22(12-8-17-6-10-21-11-7-17)13-9-20(16,2)18-4-3-5-19(23)14-18/h3-7,10-11,14,16,23H,8-9,12-13,15H2,1-2H3/t16-,20+/m1/s1. The largest absolute Gasteiger partial charge is 0.508 e. The Labute approximate surface area is 139 Å². The van der Waals surface area contributed by atoms with Crippen LogP contribution in [0.2, 0.25) is 0 Å². The van der Waals surface area contributed by atoms with E-state index in [1.165, 1.54) is 11.1 Å². The van der Waals surface area contributed by atoms with Crippen LogP contribution < -0.4 is 0 Å². The van der Waals surface area contributed by atoms with Gasteiger partial charge in [0, 0.05) is 25.5 Å². The van der Waals surface area contributed by atoms with E-state index in [1.807, 2.05) is 24.5 Å². The van der Waals surface area contributed by atoms with Gasteiger partial charge in [-0.25, -0.2) is 0 Å². The highest BCUT2D eigenvalue weighted by Gasteiger charge is 2.37. The molecule has 1 aliphatic rings. The molecule has 2 atom stereocenters. The van der Waals surface area contributed by atoms with Crippen LogP contribution in [-0.2, 0) is 11.8 Å². The van der Waals surface area contributed by atoms with E-state index in [0.717, 1.165) is 32.5 Å². The smallest absolute Gasteiger partial charge is 0.115 e. The van der Waals surface area contributed by atoms with Crippen molar-refractivity contribution >= 4 is 0 Å². The Balaban J connectivity index is 1.63. The molecule has 3 heteroatoms. The predicted octanol–water partition coefficient (Wildman–Crippen LogP) is 3.63. The number of aromatic nitrogens is 1. The first-order valence-corrected chi connectivity index (χ1v) is 8.49. The summed E-state index contributed by atoms with van der Waals surface area (Å²) >= 11 is 0. The predicted molar refractivity (Wildman–Crippen MR) is 93.6 cm³/mol. The molecule has 3 nitrogen and oxygen atoms in total. The Bertz CT molecular complexity index is 643. The van der Waals surface area contributed by atoms with Crippen molar-refractivity contribution in [3.05, 3.63) is 59.9 Å². The fourth-order valence-corrected chi connectivity index (χ4v) is 3.65. The number of piperidine rings is 1. The molecule has 122 valence electrons. The minimum absolute atomic E-state index is 0.145. The normalized spacial score (nSPS) is 25.4. The molecule has 1 aromatic heterocycles. The van der Waals surface area contributed by atoms with Crippen LogP contribution in [-0.4, -0.2) is 34.6 Å². The summed E-state index contributed by atoms with van der Waals surface area (Å²) < 4.78 is 0. The SMILES string of the molecule is C[C@@H]1CN(CCc2ccncc2)CC[C@]1(C)c1cccc(O)c1. The number of pyridine rings is 1. The van der Waals surface area contributed by atoms with E-state index in [2.05, 4.69) is 41.9 Å². The van der Waals surface area contributed by atoms with Gasteiger partial charge >= 0.3 is 0 Å². The second kappa shape index (κ2) is 6.71. The Morgan fingerprint density at radius 3 is 2.74 bits per heavy atom. The molecular formula is C20H26N2O. The molecule has 0 saturated carbocycles. The number of phenolic OH excluding ortho intramolecular Hbond substituents is 1. The first kappa shape index (κ1) is 16.0. The average molecular weight is 310 g/mol. The first-order valence-electron chi connectivity index (χ1n) is 8.49. The topological polar surface area (TPSA) is 36.4 Å². The van der Waals surface area contributed by atoms with Gasteiger partial charge in [-0.15, -0.1) is 0 Å². The van der Waals surface area contributed by atoms with Gasteiger partial charge in [0.15, 0.2) is 0 Å². The Morgan fingerprint density at radius 2 is 2.04 bits per heavy atom. The van der Waals surface area contributed by atoms with Crippen LogP contribution in [0.1, 0.15) is 31.4 Å². The van der Waals surface area contributed by atoms with E-state index in [9.17, 15) is 5.11 Å². The van der Waals surface area contributed by atoms with E-state index >= 15 is 0 Å². The maximum absolute atomic E-state index is 9.79. The molecule has 0 unspecified atom stereocenters. The molecule has 0 aliphatic carbocycles. The van der Waals surface area contributed by atoms with Gasteiger partial charge < -0.3 is 10.0 Å². The van der Waals surface area contributed by atoms with Gasteiger partial charge in [0.25, 0.3) is 0 Å². The van der Waals surface area contributed by atoms with Crippen LogP contribution in [0.5, 0.6) is 5.75 Å². The fourth-order valence-electron chi connectivity index (χ4n) is 3.65. The summed E-state index contributed by atoms with van der Waals surface area (Å²) in [6.45, 7) is 8.00. The van der Waals surface area contributed by atoms with Crippen LogP contribution in [0.4, 0.5) is 0 Å². The number of phenols is 1. The maximum Gasteiger partial charge on any atom is 0.115 e. The quantitative estimate of drug-likeness (QED) is 0.937. The fraction of sp³-hybridized carbons (Fsp3) is 0.450. The van der Waals surface area contributed by atoms with Gasteiger partial charge in [-0.3, -0.25) is 4.98 Å². The third-order valence-electron chi connectivity index (χ3n) is 5.54. The Hall–Kier alpha value is -1.87. The highest BCUT2D eigenvalue weighted by Crippen LogP contribution is 2.40. The van der Waals surface area contributed by atoms with Crippen molar-refractivity contribution in [3.8, 4) is 5.75 Å². The molecule has 1 N–H and O–H groups in total. The molecule has 1 aliphatic heterocycles. The molecule has 0 radical (unpaired) electrons. The lowest BCUT2D eigenvalue weighted by molar-refractivity contribution is 0.112. The van der Waals surface area contributed by atoms with Crippen LogP contribution >= 0.6 is 0 Å². The number of hydrogen-bond donors (Lipinski definition) is 1. The van der Waals surface area contributed by atoms with Crippen LogP contribution in [0.3, 0.4) is 0 Å². The van der Waals surface area contributed by atoms with E-state index in [0.29, 0.717) is 11.7 Å². The molecule has 1 aromatic carbocycles. The molecule has 2 heterocycles. The van der Waals surface area contributed by atoms with E-state index in [4.69, 9.17) is 0 Å². The van der Waals surface area contributed by atoms with Crippen molar-refractivity contribution in [1.29, 1.82) is 0 Å². The summed E-state index contributed by atoms with van der Waals surface area (Å²) in [5.74, 6) is 0.937. The maximum atomic E-state index is 9.79. The molecule has 1 saturated heterocycles. The van der Waals surface area contributed by atoms with Gasteiger partial charge in [-0.1, -0.05) is 26.0 Å². The minimum atomic E-state index is 0.145. The van der Waals surface area contributed by atoms with Crippen molar-refractivity contribution in [1.82, 2.24) is 9.88 Å². The van der Waals surface area contributed by atoms with E-state index in [1.54, 1.807) is 6.07 Å². The van der Waals surface area contributed by atoms with Crippen molar-refractivity contribution in [2.75, 3.05) is 19.6 Å². The average Bonchev–Trinajstić information content (AvgIpc) is 2.57. The molecule has 2 aromatic rings. The second-order valence-corrected chi connectivity index (χ2v) is 7.02. The minimum Gasteiger partial charge on any atom is -0.508 e. The third-order valence-corrected chi connectivity index (χ3v) is 5.54. The van der Waals surface area contributed by atoms with Crippen LogP contribution in [0.15, 0.2) is 48.8 Å². The second-order valence-electron chi connectivity index (χ2n) is 7.02. The van der Waals surface area contributed by atoms with Gasteiger partial charge in [0.1, 0.15) is 5.75 Å². The van der Waals surface area contributed by atoms with Crippen LogP contribution in [0, 0.1) is 5.92 Å². The number of aromatic hydroxyl groups is 1. The van der Waals surface area contributed by atoms with Crippen molar-refractivity contribution in [2.24, 2.45) is 5.92 Å². The van der Waals surface area contributed by atoms with Crippen LogP contribution in [0.25, 0.3) is 0 Å². The zero-order valence-electron chi connectivity index (χ0n) is 14.1. The van der Waals surface area contributed by atoms with Gasteiger partial charge in [-0.05, 0) is 66.1 Å². The molecule has 0 spiro atoms. The molecule has 3 rings (SSSR count). The lowest BCUT2D eigenvalue weighted by Gasteiger charge is -2.45. The number of likely N-dealkylation sites (tertiary alicyclic amines) is 1. The third kappa shape index (κ3) is 3.56. The highest BCUT2D eigenvalue weighted by atomic mass is 16.3. The van der Waals surface area contributed by atoms with Gasteiger partial charge in [-0.2, -0.15) is 0 Å². The summed E-state index contributed by atoms with van der Waals surface area (Å²) in [6, 6.07) is 12.0. The summed E-state index contributed by atoms with van der Waals surface area (Å²) in [7, 11) is 0. The molecule has 0 bridgehead atoms. The van der Waals surface area contributed by atoms with Crippen molar-refractivity contribution in [3.63, 3.8) is 0 Å². The van der Waals surface area contributed by atoms with E-state index in [-0.39, 0.29) is 5.41 Å². The molecule has 0 amide bonds. The summed E-state index contributed by atoms with van der Waals surface area (Å²) in [5.41, 5.74) is 2.76. The molecular weight excluding hydrogens is 284 g/mol. The van der Waals surface area contributed by atoms with E-state index < -0.39 is 0 Å². The first-order chi connectivity index (χ1) is 11.1. The molecule has 1 fully saturated rings. The number of hydrogen-bond acceptors (Lipinski definition) is 3. The van der Waals surface area contributed by atoms with Crippen molar-refractivity contribution < 1.29 is 5.11 Å². The summed E-state index contributed by atoms with van der Waals surface area (Å²) in [5, 5.41) is 9.79. The lowest BCUT2D eigenvalue weighted by atomic mass is 9.68. The van der Waals surface area contributed by atoms with Gasteiger partial charge in [0.05, 0.1) is 0 Å². The number of benzene rings is 1. The summed E-state index contributed by atoms with van der Waals surface area (Å²) in [4.78, 5) is 6.64. The highest BCUT2D eigenvalue weighted by molar-refractivity contribution is 5.33. The van der Waals surface area contributed by atoms with Gasteiger partial charge in [0.2, 0.25) is 0 Å². The summed E-state index contributed by atoms with van der Waals surface area (Å²) in [6.07, 6.45) is 5.95.